The van der Waals surface area contributed by atoms with E-state index >= 15 is 0 Å². The average molecular weight is 319 g/mol. The van der Waals surface area contributed by atoms with E-state index < -0.39 is 23.6 Å². The van der Waals surface area contributed by atoms with Crippen LogP contribution in [0.5, 0.6) is 0 Å². The van der Waals surface area contributed by atoms with Crippen LogP contribution >= 0.6 is 0 Å². The lowest BCUT2D eigenvalue weighted by Crippen LogP contribution is -2.41. The van der Waals surface area contributed by atoms with Gasteiger partial charge in [0.25, 0.3) is 0 Å². The lowest BCUT2D eigenvalue weighted by atomic mass is 9.73. The summed E-state index contributed by atoms with van der Waals surface area (Å²) in [6.45, 7) is 1.62. The minimum absolute atomic E-state index is 0.105. The molecule has 0 saturated heterocycles. The van der Waals surface area contributed by atoms with Crippen molar-refractivity contribution in [2.24, 2.45) is 11.8 Å². The number of hydrogen-bond acceptors (Lipinski definition) is 5. The Hall–Kier alpha value is -2.84. The quantitative estimate of drug-likeness (QED) is 0.875. The number of aryl methyl sites for hydroxylation is 1. The summed E-state index contributed by atoms with van der Waals surface area (Å²) in [5, 5.41) is 22.5. The van der Waals surface area contributed by atoms with Crippen LogP contribution in [0.1, 0.15) is 18.7 Å². The lowest BCUT2D eigenvalue weighted by molar-refractivity contribution is -0.151. The second-order valence-corrected chi connectivity index (χ2v) is 5.42. The Labute approximate surface area is 130 Å². The van der Waals surface area contributed by atoms with E-state index in [4.69, 9.17) is 5.11 Å². The first-order valence-corrected chi connectivity index (χ1v) is 7.06. The molecule has 1 aromatic carbocycles. The van der Waals surface area contributed by atoms with Gasteiger partial charge in [0.1, 0.15) is 11.5 Å². The van der Waals surface area contributed by atoms with E-state index in [2.05, 4.69) is 20.8 Å². The molecule has 120 valence electrons. The number of carboxylic acids is 1. The number of hydrogen-bond donors (Lipinski definition) is 2. The molecule has 0 spiro atoms. The Morgan fingerprint density at radius 1 is 1.35 bits per heavy atom. The molecule has 1 aromatic heterocycles. The normalized spacial score (nSPS) is 19.9. The monoisotopic (exact) mass is 319 g/mol. The van der Waals surface area contributed by atoms with Gasteiger partial charge >= 0.3 is 5.97 Å². The summed E-state index contributed by atoms with van der Waals surface area (Å²) in [4.78, 5) is 23.1. The number of tetrazole rings is 1. The molecule has 2 unspecified atom stereocenters. The molecule has 9 heteroatoms. The second-order valence-electron chi connectivity index (χ2n) is 5.42. The van der Waals surface area contributed by atoms with E-state index in [0.717, 1.165) is 0 Å². The van der Waals surface area contributed by atoms with Crippen LogP contribution in [0.2, 0.25) is 0 Å². The predicted molar refractivity (Wildman–Crippen MR) is 76.3 cm³/mol. The fourth-order valence-electron chi connectivity index (χ4n) is 2.55. The third kappa shape index (κ3) is 2.77. The molecule has 1 heterocycles. The SMILES string of the molecule is Cc1nnnn1-c1cc(NC(=O)C2CCC2C(=O)O)ccc1F. The van der Waals surface area contributed by atoms with E-state index in [1.807, 2.05) is 0 Å². The summed E-state index contributed by atoms with van der Waals surface area (Å²) in [5.41, 5.74) is 0.464. The number of aliphatic carboxylic acids is 1. The first kappa shape index (κ1) is 15.1. The Kier molecular flexibility index (Phi) is 3.77. The molecule has 2 atom stereocenters. The number of nitrogens with one attached hydrogen (secondary N) is 1. The van der Waals surface area contributed by atoms with Gasteiger partial charge in [-0.1, -0.05) is 0 Å². The van der Waals surface area contributed by atoms with Gasteiger partial charge in [0, 0.05) is 5.69 Å². The van der Waals surface area contributed by atoms with Crippen LogP contribution in [0.15, 0.2) is 18.2 Å². The van der Waals surface area contributed by atoms with E-state index in [1.54, 1.807) is 6.92 Å². The first-order chi connectivity index (χ1) is 11.0. The number of rotatable bonds is 4. The van der Waals surface area contributed by atoms with Gasteiger partial charge < -0.3 is 10.4 Å². The highest BCUT2D eigenvalue weighted by Crippen LogP contribution is 2.35. The minimum Gasteiger partial charge on any atom is -0.481 e. The van der Waals surface area contributed by atoms with Crippen molar-refractivity contribution in [1.82, 2.24) is 20.2 Å². The Morgan fingerprint density at radius 3 is 2.65 bits per heavy atom. The van der Waals surface area contributed by atoms with Crippen LogP contribution in [0.25, 0.3) is 5.69 Å². The molecule has 1 aliphatic rings. The van der Waals surface area contributed by atoms with Crippen molar-refractivity contribution in [3.8, 4) is 5.69 Å². The van der Waals surface area contributed by atoms with Crippen LogP contribution in [0.3, 0.4) is 0 Å². The maximum absolute atomic E-state index is 13.9. The van der Waals surface area contributed by atoms with Gasteiger partial charge in [-0.05, 0) is 48.4 Å². The number of halogens is 1. The van der Waals surface area contributed by atoms with Crippen molar-refractivity contribution in [3.63, 3.8) is 0 Å². The molecular weight excluding hydrogens is 305 g/mol. The number of nitrogens with zero attached hydrogens (tertiary/aromatic N) is 4. The van der Waals surface area contributed by atoms with Crippen molar-refractivity contribution < 1.29 is 19.1 Å². The number of carbonyl (C=O) groups excluding carboxylic acids is 1. The molecule has 0 aliphatic heterocycles. The highest BCUT2D eigenvalue weighted by atomic mass is 19.1. The number of anilines is 1. The molecule has 0 radical (unpaired) electrons. The minimum atomic E-state index is -0.972. The van der Waals surface area contributed by atoms with Crippen molar-refractivity contribution in [2.75, 3.05) is 5.32 Å². The largest absolute Gasteiger partial charge is 0.481 e. The molecule has 2 N–H and O–H groups in total. The van der Waals surface area contributed by atoms with E-state index in [1.165, 1.54) is 22.9 Å². The van der Waals surface area contributed by atoms with E-state index in [9.17, 15) is 14.0 Å². The molecule has 2 aromatic rings. The average Bonchev–Trinajstić information content (AvgIpc) is 2.85. The third-order valence-corrected chi connectivity index (χ3v) is 4.00. The maximum atomic E-state index is 13.9. The van der Waals surface area contributed by atoms with Gasteiger partial charge in [-0.3, -0.25) is 9.59 Å². The van der Waals surface area contributed by atoms with E-state index in [0.29, 0.717) is 24.4 Å². The fraction of sp³-hybridized carbons (Fsp3) is 0.357. The second kappa shape index (κ2) is 5.75. The van der Waals surface area contributed by atoms with Crippen LogP contribution in [0.4, 0.5) is 10.1 Å². The lowest BCUT2D eigenvalue weighted by Gasteiger charge is -2.31. The maximum Gasteiger partial charge on any atom is 0.307 e. The number of carbonyl (C=O) groups is 2. The van der Waals surface area contributed by atoms with Crippen LogP contribution in [-0.4, -0.2) is 37.2 Å². The van der Waals surface area contributed by atoms with E-state index in [-0.39, 0.29) is 11.6 Å². The smallest absolute Gasteiger partial charge is 0.307 e. The summed E-state index contributed by atoms with van der Waals surface area (Å²) in [6, 6.07) is 4.01. The van der Waals surface area contributed by atoms with Gasteiger partial charge in [-0.15, -0.1) is 5.10 Å². The molecule has 8 nitrogen and oxygen atoms in total. The van der Waals surface area contributed by atoms with Crippen LogP contribution in [0, 0.1) is 24.6 Å². The molecule has 1 amide bonds. The number of carboxylic acid groups (broad SMARTS) is 1. The molecule has 0 bridgehead atoms. The number of amides is 1. The van der Waals surface area contributed by atoms with Gasteiger partial charge in [0.15, 0.2) is 5.82 Å². The molecule has 23 heavy (non-hydrogen) atoms. The highest BCUT2D eigenvalue weighted by molar-refractivity contribution is 5.96. The van der Waals surface area contributed by atoms with Gasteiger partial charge in [-0.2, -0.15) is 4.68 Å². The Morgan fingerprint density at radius 2 is 2.09 bits per heavy atom. The summed E-state index contributed by atoms with van der Waals surface area (Å²) in [6.07, 6.45) is 1.02. The predicted octanol–water partition coefficient (Wildman–Crippen LogP) is 1.16. The molecule has 3 rings (SSSR count). The van der Waals surface area contributed by atoms with Crippen molar-refractivity contribution in [3.05, 3.63) is 29.8 Å². The summed E-state index contributed by atoms with van der Waals surface area (Å²) in [5.74, 6) is -2.70. The molecule has 1 fully saturated rings. The standard InChI is InChI=1S/C14H14FN5O3/c1-7-17-18-19-20(7)12-6-8(2-5-11(12)15)16-13(21)9-3-4-10(9)14(22)23/h2,5-6,9-10H,3-4H2,1H3,(H,16,21)(H,22,23). The molecule has 1 aliphatic carbocycles. The van der Waals surface area contributed by atoms with Gasteiger partial charge in [-0.25, -0.2) is 4.39 Å². The van der Waals surface area contributed by atoms with Crippen LogP contribution in [-0.2, 0) is 9.59 Å². The number of benzene rings is 1. The summed E-state index contributed by atoms with van der Waals surface area (Å²) >= 11 is 0. The topological polar surface area (TPSA) is 110 Å². The summed E-state index contributed by atoms with van der Waals surface area (Å²) < 4.78 is 15.2. The van der Waals surface area contributed by atoms with Crippen molar-refractivity contribution in [1.29, 1.82) is 0 Å². The summed E-state index contributed by atoms with van der Waals surface area (Å²) in [7, 11) is 0. The Bertz CT molecular complexity index is 776. The zero-order valence-electron chi connectivity index (χ0n) is 12.2. The highest BCUT2D eigenvalue weighted by Gasteiger charge is 2.41. The fourth-order valence-corrected chi connectivity index (χ4v) is 2.55. The first-order valence-electron chi connectivity index (χ1n) is 7.06. The zero-order chi connectivity index (χ0) is 16.6. The van der Waals surface area contributed by atoms with Crippen molar-refractivity contribution >= 4 is 17.6 Å². The molecular formula is C14H14FN5O3. The third-order valence-electron chi connectivity index (χ3n) is 4.00. The van der Waals surface area contributed by atoms with Crippen LogP contribution < -0.4 is 5.32 Å². The zero-order valence-corrected chi connectivity index (χ0v) is 12.2. The van der Waals surface area contributed by atoms with Crippen molar-refractivity contribution in [2.45, 2.75) is 19.8 Å². The Balaban J connectivity index is 1.81. The number of aromatic nitrogens is 4. The molecule has 1 saturated carbocycles. The van der Waals surface area contributed by atoms with Gasteiger partial charge in [0.05, 0.1) is 11.8 Å². The van der Waals surface area contributed by atoms with Gasteiger partial charge in [0.2, 0.25) is 5.91 Å².